The van der Waals surface area contributed by atoms with Crippen LogP contribution in [-0.2, 0) is 6.42 Å². The van der Waals surface area contributed by atoms with Crippen LogP contribution in [0.1, 0.15) is 43.7 Å². The minimum absolute atomic E-state index is 0.584. The summed E-state index contributed by atoms with van der Waals surface area (Å²) in [6, 6.07) is 7.05. The van der Waals surface area contributed by atoms with E-state index in [-0.39, 0.29) is 0 Å². The summed E-state index contributed by atoms with van der Waals surface area (Å²) in [5, 5.41) is 3.66. The maximum atomic E-state index is 5.46. The Balaban J connectivity index is 2.20. The van der Waals surface area contributed by atoms with Crippen LogP contribution >= 0.6 is 0 Å². The number of fused-ring (bicyclic) bond motifs is 1. The van der Waals surface area contributed by atoms with Crippen LogP contribution in [0.4, 0.5) is 0 Å². The van der Waals surface area contributed by atoms with Crippen molar-refractivity contribution in [1.82, 2.24) is 5.32 Å². The quantitative estimate of drug-likeness (QED) is 0.862. The number of ether oxygens (including phenoxy) is 1. The molecule has 0 saturated carbocycles. The molecule has 17 heavy (non-hydrogen) atoms. The summed E-state index contributed by atoms with van der Waals surface area (Å²) in [6.07, 6.45) is 3.55. The Morgan fingerprint density at radius 3 is 2.94 bits per heavy atom. The number of benzene rings is 1. The van der Waals surface area contributed by atoms with Gasteiger partial charge in [-0.3, -0.25) is 0 Å². The highest BCUT2D eigenvalue weighted by molar-refractivity contribution is 5.44. The van der Waals surface area contributed by atoms with Gasteiger partial charge in [0, 0.05) is 6.04 Å². The molecule has 1 aliphatic carbocycles. The fourth-order valence-electron chi connectivity index (χ4n) is 2.84. The molecular weight excluding hydrogens is 210 g/mol. The van der Waals surface area contributed by atoms with Gasteiger partial charge >= 0.3 is 0 Å². The van der Waals surface area contributed by atoms with Crippen LogP contribution in [0.2, 0.25) is 0 Å². The van der Waals surface area contributed by atoms with E-state index in [9.17, 15) is 0 Å². The van der Waals surface area contributed by atoms with Crippen molar-refractivity contribution in [3.8, 4) is 5.75 Å². The summed E-state index contributed by atoms with van der Waals surface area (Å²) >= 11 is 0. The first-order valence-electron chi connectivity index (χ1n) is 6.67. The van der Waals surface area contributed by atoms with Crippen molar-refractivity contribution in [2.75, 3.05) is 13.7 Å². The maximum Gasteiger partial charge on any atom is 0.122 e. The van der Waals surface area contributed by atoms with Gasteiger partial charge in [-0.15, -0.1) is 0 Å². The molecule has 1 aromatic carbocycles. The van der Waals surface area contributed by atoms with Crippen molar-refractivity contribution in [3.05, 3.63) is 29.3 Å². The standard InChI is InChI=1S/C15H23NO/c1-4-10-16-14-9-8-13-12(11(14)2)6-5-7-15(13)17-3/h5-7,11,14,16H,4,8-10H2,1-3H3/t11-,14-/m0/s1. The summed E-state index contributed by atoms with van der Waals surface area (Å²) in [7, 11) is 1.77. The molecule has 1 aromatic rings. The molecule has 0 bridgehead atoms. The SMILES string of the molecule is CCCN[C@H]1CCc2c(OC)cccc2[C@@H]1C. The summed E-state index contributed by atoms with van der Waals surface area (Å²) < 4.78 is 5.46. The van der Waals surface area contributed by atoms with E-state index in [4.69, 9.17) is 4.74 Å². The fourth-order valence-corrected chi connectivity index (χ4v) is 2.84. The summed E-state index contributed by atoms with van der Waals surface area (Å²) in [5.41, 5.74) is 2.88. The number of nitrogens with one attached hydrogen (secondary N) is 1. The average Bonchev–Trinajstić information content (AvgIpc) is 2.37. The molecule has 0 spiro atoms. The largest absolute Gasteiger partial charge is 0.496 e. The van der Waals surface area contributed by atoms with Crippen molar-refractivity contribution in [2.24, 2.45) is 0 Å². The Morgan fingerprint density at radius 1 is 1.41 bits per heavy atom. The van der Waals surface area contributed by atoms with Gasteiger partial charge in [-0.25, -0.2) is 0 Å². The summed E-state index contributed by atoms with van der Waals surface area (Å²) in [4.78, 5) is 0. The lowest BCUT2D eigenvalue weighted by Crippen LogP contribution is -2.37. The predicted octanol–water partition coefficient (Wildman–Crippen LogP) is 3.11. The van der Waals surface area contributed by atoms with E-state index in [2.05, 4.69) is 37.4 Å². The Morgan fingerprint density at radius 2 is 2.24 bits per heavy atom. The second-order valence-electron chi connectivity index (χ2n) is 4.92. The van der Waals surface area contributed by atoms with Gasteiger partial charge in [-0.2, -0.15) is 0 Å². The molecule has 0 radical (unpaired) electrons. The molecule has 94 valence electrons. The van der Waals surface area contributed by atoms with Gasteiger partial charge in [-0.05, 0) is 48.9 Å². The van der Waals surface area contributed by atoms with Crippen LogP contribution in [0.3, 0.4) is 0 Å². The number of hydrogen-bond donors (Lipinski definition) is 1. The smallest absolute Gasteiger partial charge is 0.122 e. The van der Waals surface area contributed by atoms with Gasteiger partial charge in [0.15, 0.2) is 0 Å². The topological polar surface area (TPSA) is 21.3 Å². The van der Waals surface area contributed by atoms with Crippen LogP contribution in [0.5, 0.6) is 5.75 Å². The highest BCUT2D eigenvalue weighted by atomic mass is 16.5. The van der Waals surface area contributed by atoms with Crippen molar-refractivity contribution >= 4 is 0 Å². The maximum absolute atomic E-state index is 5.46. The first-order chi connectivity index (χ1) is 8.27. The van der Waals surface area contributed by atoms with E-state index in [0.29, 0.717) is 12.0 Å². The second kappa shape index (κ2) is 5.54. The van der Waals surface area contributed by atoms with Crippen molar-refractivity contribution in [3.63, 3.8) is 0 Å². The van der Waals surface area contributed by atoms with Crippen LogP contribution < -0.4 is 10.1 Å². The third-order valence-electron chi connectivity index (χ3n) is 3.85. The third-order valence-corrected chi connectivity index (χ3v) is 3.85. The normalized spacial score (nSPS) is 23.2. The Kier molecular flexibility index (Phi) is 4.06. The lowest BCUT2D eigenvalue weighted by molar-refractivity contribution is 0.378. The van der Waals surface area contributed by atoms with Gasteiger partial charge in [0.1, 0.15) is 5.75 Å². The van der Waals surface area contributed by atoms with Gasteiger partial charge in [0.25, 0.3) is 0 Å². The molecular formula is C15H23NO. The molecule has 2 rings (SSSR count). The zero-order valence-electron chi connectivity index (χ0n) is 11.1. The van der Waals surface area contributed by atoms with Gasteiger partial charge in [0.2, 0.25) is 0 Å². The lowest BCUT2D eigenvalue weighted by Gasteiger charge is -2.32. The highest BCUT2D eigenvalue weighted by Gasteiger charge is 2.27. The molecule has 0 saturated heterocycles. The van der Waals surface area contributed by atoms with Crippen LogP contribution in [-0.4, -0.2) is 19.7 Å². The molecule has 0 unspecified atom stereocenters. The van der Waals surface area contributed by atoms with Crippen LogP contribution in [0.25, 0.3) is 0 Å². The molecule has 2 nitrogen and oxygen atoms in total. The molecule has 2 atom stereocenters. The van der Waals surface area contributed by atoms with E-state index in [1.54, 1.807) is 7.11 Å². The number of rotatable bonds is 4. The van der Waals surface area contributed by atoms with Crippen molar-refractivity contribution in [1.29, 1.82) is 0 Å². The monoisotopic (exact) mass is 233 g/mol. The third kappa shape index (κ3) is 2.47. The molecule has 0 aliphatic heterocycles. The molecule has 1 aliphatic rings. The fraction of sp³-hybridized carbons (Fsp3) is 0.600. The number of hydrogen-bond acceptors (Lipinski definition) is 2. The average molecular weight is 233 g/mol. The Bertz CT molecular complexity index is 375. The first kappa shape index (κ1) is 12.4. The van der Waals surface area contributed by atoms with E-state index in [0.717, 1.165) is 18.7 Å². The summed E-state index contributed by atoms with van der Waals surface area (Å²) in [6.45, 7) is 5.66. The van der Waals surface area contributed by atoms with Crippen molar-refractivity contribution < 1.29 is 4.74 Å². The molecule has 0 heterocycles. The molecule has 0 amide bonds. The lowest BCUT2D eigenvalue weighted by atomic mass is 9.80. The highest BCUT2D eigenvalue weighted by Crippen LogP contribution is 2.36. The Labute approximate surface area is 104 Å². The number of methoxy groups -OCH3 is 1. The first-order valence-corrected chi connectivity index (χ1v) is 6.67. The molecule has 0 aromatic heterocycles. The zero-order chi connectivity index (χ0) is 12.3. The minimum Gasteiger partial charge on any atom is -0.496 e. The van der Waals surface area contributed by atoms with E-state index in [1.807, 2.05) is 0 Å². The van der Waals surface area contributed by atoms with Crippen molar-refractivity contribution in [2.45, 2.75) is 45.1 Å². The van der Waals surface area contributed by atoms with Crippen LogP contribution in [0.15, 0.2) is 18.2 Å². The summed E-state index contributed by atoms with van der Waals surface area (Å²) in [5.74, 6) is 1.64. The van der Waals surface area contributed by atoms with E-state index >= 15 is 0 Å². The Hall–Kier alpha value is -1.02. The minimum atomic E-state index is 0.584. The van der Waals surface area contributed by atoms with Gasteiger partial charge < -0.3 is 10.1 Å². The van der Waals surface area contributed by atoms with E-state index < -0.39 is 0 Å². The van der Waals surface area contributed by atoms with Gasteiger partial charge in [-0.1, -0.05) is 26.0 Å². The molecule has 0 fully saturated rings. The van der Waals surface area contributed by atoms with Gasteiger partial charge in [0.05, 0.1) is 7.11 Å². The molecule has 2 heteroatoms. The zero-order valence-corrected chi connectivity index (χ0v) is 11.1. The second-order valence-corrected chi connectivity index (χ2v) is 4.92. The predicted molar refractivity (Wildman–Crippen MR) is 71.8 cm³/mol. The molecule has 1 N–H and O–H groups in total. The van der Waals surface area contributed by atoms with E-state index in [1.165, 1.54) is 24.0 Å². The van der Waals surface area contributed by atoms with Crippen LogP contribution in [0, 0.1) is 0 Å².